The topological polar surface area (TPSA) is 55.1 Å². The summed E-state index contributed by atoms with van der Waals surface area (Å²) < 4.78 is 0. The number of anilines is 1. The number of carbonyl (C=O) groups excluding carboxylic acids is 1. The molecule has 1 aromatic rings. The standard InChI is InChI=1S/C16H20N2O/c1-3-7-13(4-2)8-6-11-18-16(19)14-9-5-10-15(17)12-14/h3-5,7,9-10,12H,1-2,6,8,11,17H2,(H,18,19)/b13-7+. The smallest absolute Gasteiger partial charge is 0.251 e. The highest BCUT2D eigenvalue weighted by Gasteiger charge is 2.04. The Morgan fingerprint density at radius 3 is 2.79 bits per heavy atom. The molecule has 3 N–H and O–H groups in total. The molecule has 0 aromatic heterocycles. The molecule has 0 atom stereocenters. The molecule has 0 aliphatic heterocycles. The van der Waals surface area contributed by atoms with Gasteiger partial charge in [0, 0.05) is 17.8 Å². The highest BCUT2D eigenvalue weighted by Crippen LogP contribution is 2.07. The van der Waals surface area contributed by atoms with Crippen LogP contribution in [0.3, 0.4) is 0 Å². The third-order valence-electron chi connectivity index (χ3n) is 2.67. The minimum atomic E-state index is -0.0971. The molecule has 19 heavy (non-hydrogen) atoms. The molecule has 0 fully saturated rings. The normalized spacial score (nSPS) is 10.8. The Labute approximate surface area is 114 Å². The lowest BCUT2D eigenvalue weighted by atomic mass is 10.1. The maximum Gasteiger partial charge on any atom is 0.251 e. The Morgan fingerprint density at radius 2 is 2.16 bits per heavy atom. The third-order valence-corrected chi connectivity index (χ3v) is 2.67. The zero-order valence-corrected chi connectivity index (χ0v) is 11.1. The van der Waals surface area contributed by atoms with Crippen molar-refractivity contribution in [1.29, 1.82) is 0 Å². The van der Waals surface area contributed by atoms with Crippen LogP contribution >= 0.6 is 0 Å². The third kappa shape index (κ3) is 5.25. The number of hydrogen-bond acceptors (Lipinski definition) is 2. The summed E-state index contributed by atoms with van der Waals surface area (Å²) >= 11 is 0. The lowest BCUT2D eigenvalue weighted by molar-refractivity contribution is 0.0953. The molecule has 3 heteroatoms. The fourth-order valence-corrected chi connectivity index (χ4v) is 1.68. The molecule has 100 valence electrons. The van der Waals surface area contributed by atoms with Crippen LogP contribution in [0.5, 0.6) is 0 Å². The van der Waals surface area contributed by atoms with Crippen LogP contribution < -0.4 is 11.1 Å². The zero-order valence-electron chi connectivity index (χ0n) is 11.1. The van der Waals surface area contributed by atoms with Crippen molar-refractivity contribution in [2.75, 3.05) is 12.3 Å². The molecule has 1 rings (SSSR count). The summed E-state index contributed by atoms with van der Waals surface area (Å²) in [5.41, 5.74) is 7.93. The van der Waals surface area contributed by atoms with E-state index in [9.17, 15) is 4.79 Å². The van der Waals surface area contributed by atoms with Crippen LogP contribution in [-0.4, -0.2) is 12.5 Å². The Kier molecular flexibility index (Phi) is 6.16. The molecule has 0 aliphatic carbocycles. The van der Waals surface area contributed by atoms with E-state index in [1.54, 1.807) is 36.4 Å². The second kappa shape index (κ2) is 7.93. The first-order valence-electron chi connectivity index (χ1n) is 6.25. The van der Waals surface area contributed by atoms with Gasteiger partial charge in [-0.2, -0.15) is 0 Å². The highest BCUT2D eigenvalue weighted by molar-refractivity contribution is 5.94. The number of carbonyl (C=O) groups is 1. The number of rotatable bonds is 7. The number of nitrogens with two attached hydrogens (primary N) is 1. The van der Waals surface area contributed by atoms with Gasteiger partial charge >= 0.3 is 0 Å². The Hall–Kier alpha value is -2.29. The van der Waals surface area contributed by atoms with Crippen LogP contribution in [0.25, 0.3) is 0 Å². The first kappa shape index (κ1) is 14.8. The van der Waals surface area contributed by atoms with Crippen molar-refractivity contribution in [3.63, 3.8) is 0 Å². The van der Waals surface area contributed by atoms with E-state index in [-0.39, 0.29) is 5.91 Å². The van der Waals surface area contributed by atoms with Gasteiger partial charge in [-0.25, -0.2) is 0 Å². The van der Waals surface area contributed by atoms with E-state index in [1.807, 2.05) is 6.08 Å². The van der Waals surface area contributed by atoms with Crippen LogP contribution in [0.2, 0.25) is 0 Å². The van der Waals surface area contributed by atoms with Gasteiger partial charge in [-0.1, -0.05) is 37.5 Å². The zero-order chi connectivity index (χ0) is 14.1. The average Bonchev–Trinajstić information content (AvgIpc) is 2.42. The highest BCUT2D eigenvalue weighted by atomic mass is 16.1. The van der Waals surface area contributed by atoms with E-state index in [2.05, 4.69) is 18.5 Å². The average molecular weight is 256 g/mol. The van der Waals surface area contributed by atoms with Gasteiger partial charge in [-0.05, 0) is 36.6 Å². The van der Waals surface area contributed by atoms with E-state index >= 15 is 0 Å². The van der Waals surface area contributed by atoms with Crippen molar-refractivity contribution in [1.82, 2.24) is 5.32 Å². The predicted octanol–water partition coefficient (Wildman–Crippen LogP) is 3.08. The van der Waals surface area contributed by atoms with Gasteiger partial charge in [-0.3, -0.25) is 4.79 Å². The summed E-state index contributed by atoms with van der Waals surface area (Å²) in [5, 5.41) is 2.87. The van der Waals surface area contributed by atoms with Crippen molar-refractivity contribution in [2.24, 2.45) is 0 Å². The molecule has 0 unspecified atom stereocenters. The SMILES string of the molecule is C=C/C=C(\C=C)CCCNC(=O)c1cccc(N)c1. The lowest BCUT2D eigenvalue weighted by Crippen LogP contribution is -2.24. The molecule has 0 bridgehead atoms. The number of hydrogen-bond donors (Lipinski definition) is 2. The molecule has 0 radical (unpaired) electrons. The molecular weight excluding hydrogens is 236 g/mol. The molecule has 0 saturated heterocycles. The van der Waals surface area contributed by atoms with E-state index in [1.165, 1.54) is 0 Å². The molecule has 0 aliphatic rings. The first-order chi connectivity index (χ1) is 9.17. The summed E-state index contributed by atoms with van der Waals surface area (Å²) in [7, 11) is 0. The number of nitrogen functional groups attached to an aromatic ring is 1. The maximum absolute atomic E-state index is 11.8. The fraction of sp³-hybridized carbons (Fsp3) is 0.188. The monoisotopic (exact) mass is 256 g/mol. The fourth-order valence-electron chi connectivity index (χ4n) is 1.68. The Balaban J connectivity index is 2.37. The van der Waals surface area contributed by atoms with Gasteiger partial charge < -0.3 is 11.1 Å². The van der Waals surface area contributed by atoms with E-state index in [0.29, 0.717) is 17.8 Å². The van der Waals surface area contributed by atoms with Crippen molar-refractivity contribution in [3.05, 3.63) is 66.8 Å². The van der Waals surface area contributed by atoms with Crippen LogP contribution in [0.1, 0.15) is 23.2 Å². The van der Waals surface area contributed by atoms with E-state index in [4.69, 9.17) is 5.73 Å². The molecule has 0 spiro atoms. The second-order valence-corrected chi connectivity index (χ2v) is 4.17. The van der Waals surface area contributed by atoms with Gasteiger partial charge in [0.25, 0.3) is 5.91 Å². The maximum atomic E-state index is 11.8. The van der Waals surface area contributed by atoms with Crippen molar-refractivity contribution in [2.45, 2.75) is 12.8 Å². The largest absolute Gasteiger partial charge is 0.399 e. The summed E-state index contributed by atoms with van der Waals surface area (Å²) in [4.78, 5) is 11.8. The predicted molar refractivity (Wildman–Crippen MR) is 80.9 cm³/mol. The van der Waals surface area contributed by atoms with Crippen molar-refractivity contribution in [3.8, 4) is 0 Å². The summed E-state index contributed by atoms with van der Waals surface area (Å²) in [6.07, 6.45) is 7.20. The van der Waals surface area contributed by atoms with Crippen LogP contribution in [0.15, 0.2) is 61.2 Å². The number of nitrogens with one attached hydrogen (secondary N) is 1. The first-order valence-corrected chi connectivity index (χ1v) is 6.25. The Bertz CT molecular complexity index is 489. The second-order valence-electron chi connectivity index (χ2n) is 4.17. The summed E-state index contributed by atoms with van der Waals surface area (Å²) in [6, 6.07) is 6.95. The van der Waals surface area contributed by atoms with Crippen LogP contribution in [-0.2, 0) is 0 Å². The van der Waals surface area contributed by atoms with E-state index < -0.39 is 0 Å². The number of amides is 1. The Morgan fingerprint density at radius 1 is 1.37 bits per heavy atom. The lowest BCUT2D eigenvalue weighted by Gasteiger charge is -2.06. The summed E-state index contributed by atoms with van der Waals surface area (Å²) in [6.45, 7) is 8.00. The molecule has 1 aromatic carbocycles. The minimum Gasteiger partial charge on any atom is -0.399 e. The minimum absolute atomic E-state index is 0.0971. The summed E-state index contributed by atoms with van der Waals surface area (Å²) in [5.74, 6) is -0.0971. The molecule has 0 saturated carbocycles. The number of benzene rings is 1. The molecule has 1 amide bonds. The van der Waals surface area contributed by atoms with Gasteiger partial charge in [0.2, 0.25) is 0 Å². The molecular formula is C16H20N2O. The quantitative estimate of drug-likeness (QED) is 0.447. The van der Waals surface area contributed by atoms with Crippen molar-refractivity contribution < 1.29 is 4.79 Å². The van der Waals surface area contributed by atoms with Gasteiger partial charge in [0.05, 0.1) is 0 Å². The molecule has 0 heterocycles. The van der Waals surface area contributed by atoms with Crippen LogP contribution in [0.4, 0.5) is 5.69 Å². The van der Waals surface area contributed by atoms with Gasteiger partial charge in [-0.15, -0.1) is 0 Å². The number of allylic oxidation sites excluding steroid dienone is 4. The van der Waals surface area contributed by atoms with Gasteiger partial charge in [0.1, 0.15) is 0 Å². The molecule has 3 nitrogen and oxygen atoms in total. The van der Waals surface area contributed by atoms with E-state index in [0.717, 1.165) is 18.4 Å². The van der Waals surface area contributed by atoms with Crippen molar-refractivity contribution >= 4 is 11.6 Å². The van der Waals surface area contributed by atoms with Gasteiger partial charge in [0.15, 0.2) is 0 Å². The van der Waals surface area contributed by atoms with Crippen LogP contribution in [0, 0.1) is 0 Å².